The average Bonchev–Trinajstić information content (AvgIpc) is 2.84. The van der Waals surface area contributed by atoms with E-state index in [0.717, 1.165) is 0 Å². The van der Waals surface area contributed by atoms with Crippen LogP contribution in [0.2, 0.25) is 0 Å². The number of rotatable bonds is 7. The van der Waals surface area contributed by atoms with Crippen molar-refractivity contribution >= 4 is 0 Å². The van der Waals surface area contributed by atoms with Crippen LogP contribution in [-0.4, -0.2) is 53.8 Å². The van der Waals surface area contributed by atoms with Crippen LogP contribution in [0.1, 0.15) is 18.2 Å². The lowest BCUT2D eigenvalue weighted by Crippen LogP contribution is -2.33. The number of nitrogens with zero attached hydrogens (tertiary/aromatic N) is 1. The highest BCUT2D eigenvalue weighted by atomic mass is 17.2. The van der Waals surface area contributed by atoms with Crippen molar-refractivity contribution in [1.82, 2.24) is 9.55 Å². The Kier molecular flexibility index (Phi) is 5.86. The molecule has 0 radical (unpaired) electrons. The quantitative estimate of drug-likeness (QED) is 0.380. The molecular formula is C13H20N2O7. The van der Waals surface area contributed by atoms with E-state index in [2.05, 4.69) is 4.98 Å². The molecule has 2 N–H and O–H groups in total. The molecule has 2 heterocycles. The molecule has 22 heavy (non-hydrogen) atoms. The third-order valence-corrected chi connectivity index (χ3v) is 3.35. The van der Waals surface area contributed by atoms with Crippen molar-refractivity contribution in [3.05, 3.63) is 32.6 Å². The summed E-state index contributed by atoms with van der Waals surface area (Å²) >= 11 is 0. The number of aromatic amines is 1. The minimum Gasteiger partial charge on any atom is -0.390 e. The Labute approximate surface area is 126 Å². The molecule has 9 nitrogen and oxygen atoms in total. The number of aromatic nitrogens is 2. The monoisotopic (exact) mass is 316 g/mol. The minimum atomic E-state index is -0.796. The molecule has 1 aliphatic heterocycles. The number of hydrogen-bond donors (Lipinski definition) is 2. The standard InChI is InChI=1S/C13H20N2O7/c1-8-6-15(13(18)14-12(8)17)11-5-9(16)10(22-11)7-21-20-4-3-19-2/h6,9-11,16H,3-5,7H2,1-2H3,(H,14,17,18)/t9-,10+,11+/m0/s1. The Hall–Kier alpha value is -1.52. The highest BCUT2D eigenvalue weighted by molar-refractivity contribution is 5.02. The number of aliphatic hydroxyl groups is 1. The lowest BCUT2D eigenvalue weighted by Gasteiger charge is -2.16. The average molecular weight is 316 g/mol. The van der Waals surface area contributed by atoms with Crippen LogP contribution in [0.25, 0.3) is 0 Å². The third kappa shape index (κ3) is 4.02. The second-order valence-corrected chi connectivity index (χ2v) is 5.01. The van der Waals surface area contributed by atoms with Gasteiger partial charge in [0.2, 0.25) is 0 Å². The first-order valence-electron chi connectivity index (χ1n) is 6.92. The fourth-order valence-electron chi connectivity index (χ4n) is 2.13. The molecule has 1 saturated heterocycles. The molecule has 1 aromatic rings. The number of H-pyrrole nitrogens is 1. The van der Waals surface area contributed by atoms with E-state index in [4.69, 9.17) is 19.2 Å². The summed E-state index contributed by atoms with van der Waals surface area (Å²) in [4.78, 5) is 35.1. The molecule has 1 aliphatic rings. The van der Waals surface area contributed by atoms with Crippen LogP contribution >= 0.6 is 0 Å². The molecule has 0 bridgehead atoms. The molecule has 0 amide bonds. The van der Waals surface area contributed by atoms with E-state index >= 15 is 0 Å². The molecule has 0 spiro atoms. The molecule has 2 rings (SSSR count). The van der Waals surface area contributed by atoms with Crippen molar-refractivity contribution in [2.75, 3.05) is 26.9 Å². The molecule has 1 aromatic heterocycles. The van der Waals surface area contributed by atoms with Gasteiger partial charge in [-0.25, -0.2) is 14.6 Å². The summed E-state index contributed by atoms with van der Waals surface area (Å²) in [6.07, 6.45) is -0.443. The summed E-state index contributed by atoms with van der Waals surface area (Å²) < 4.78 is 11.6. The fourth-order valence-corrected chi connectivity index (χ4v) is 2.13. The summed E-state index contributed by atoms with van der Waals surface area (Å²) in [5.74, 6) is 0. The Bertz CT molecular complexity index is 597. The zero-order chi connectivity index (χ0) is 16.1. The zero-order valence-electron chi connectivity index (χ0n) is 12.5. The van der Waals surface area contributed by atoms with Gasteiger partial charge in [0, 0.05) is 25.3 Å². The van der Waals surface area contributed by atoms with E-state index < -0.39 is 29.7 Å². The van der Waals surface area contributed by atoms with Crippen LogP contribution in [0.15, 0.2) is 15.8 Å². The van der Waals surface area contributed by atoms with Gasteiger partial charge in [-0.1, -0.05) is 0 Å². The normalized spacial score (nSPS) is 24.8. The summed E-state index contributed by atoms with van der Waals surface area (Å²) in [6.45, 7) is 2.27. The van der Waals surface area contributed by atoms with Crippen molar-refractivity contribution in [3.8, 4) is 0 Å². The lowest BCUT2D eigenvalue weighted by molar-refractivity contribution is -0.313. The van der Waals surface area contributed by atoms with Crippen molar-refractivity contribution in [2.24, 2.45) is 0 Å². The van der Waals surface area contributed by atoms with E-state index in [1.165, 1.54) is 10.8 Å². The van der Waals surface area contributed by atoms with Crippen molar-refractivity contribution in [3.63, 3.8) is 0 Å². The molecule has 0 aliphatic carbocycles. The predicted octanol–water partition coefficient (Wildman–Crippen LogP) is -0.912. The van der Waals surface area contributed by atoms with Crippen molar-refractivity contribution < 1.29 is 24.4 Å². The van der Waals surface area contributed by atoms with Crippen LogP contribution in [0.5, 0.6) is 0 Å². The van der Waals surface area contributed by atoms with Gasteiger partial charge in [-0.15, -0.1) is 0 Å². The van der Waals surface area contributed by atoms with E-state index in [0.29, 0.717) is 12.2 Å². The van der Waals surface area contributed by atoms with Crippen LogP contribution in [0.3, 0.4) is 0 Å². The van der Waals surface area contributed by atoms with Gasteiger partial charge in [0.05, 0.1) is 12.7 Å². The van der Waals surface area contributed by atoms with Crippen LogP contribution in [0, 0.1) is 6.92 Å². The van der Waals surface area contributed by atoms with Gasteiger partial charge in [0.25, 0.3) is 5.56 Å². The molecular weight excluding hydrogens is 296 g/mol. The molecule has 124 valence electrons. The minimum absolute atomic E-state index is 0.0263. The van der Waals surface area contributed by atoms with Gasteiger partial charge in [-0.05, 0) is 6.92 Å². The molecule has 0 saturated carbocycles. The van der Waals surface area contributed by atoms with E-state index in [9.17, 15) is 14.7 Å². The Morgan fingerprint density at radius 3 is 2.91 bits per heavy atom. The van der Waals surface area contributed by atoms with Crippen LogP contribution in [-0.2, 0) is 19.2 Å². The summed E-state index contributed by atoms with van der Waals surface area (Å²) in [6, 6.07) is 0. The molecule has 0 unspecified atom stereocenters. The molecule has 9 heteroatoms. The second-order valence-electron chi connectivity index (χ2n) is 5.01. The highest BCUT2D eigenvalue weighted by Crippen LogP contribution is 2.27. The SMILES string of the molecule is COCCOOC[C@H]1O[C@@H](n2cc(C)c(=O)[nH]c2=O)C[C@@H]1O. The summed E-state index contributed by atoms with van der Waals surface area (Å²) in [5, 5.41) is 9.97. The van der Waals surface area contributed by atoms with Crippen LogP contribution < -0.4 is 11.2 Å². The highest BCUT2D eigenvalue weighted by Gasteiger charge is 2.36. The smallest absolute Gasteiger partial charge is 0.330 e. The first-order chi connectivity index (χ1) is 10.5. The van der Waals surface area contributed by atoms with Gasteiger partial charge < -0.3 is 14.6 Å². The van der Waals surface area contributed by atoms with Crippen LogP contribution in [0.4, 0.5) is 0 Å². The number of aryl methyl sites for hydroxylation is 1. The Balaban J connectivity index is 1.94. The summed E-state index contributed by atoms with van der Waals surface area (Å²) in [7, 11) is 1.54. The van der Waals surface area contributed by atoms with E-state index in [1.54, 1.807) is 14.0 Å². The number of nitrogens with one attached hydrogen (secondary N) is 1. The maximum Gasteiger partial charge on any atom is 0.330 e. The molecule has 3 atom stereocenters. The first kappa shape index (κ1) is 16.8. The van der Waals surface area contributed by atoms with Crippen molar-refractivity contribution in [1.29, 1.82) is 0 Å². The van der Waals surface area contributed by atoms with Gasteiger partial charge >= 0.3 is 5.69 Å². The largest absolute Gasteiger partial charge is 0.390 e. The maximum atomic E-state index is 11.8. The third-order valence-electron chi connectivity index (χ3n) is 3.35. The van der Waals surface area contributed by atoms with E-state index in [1.807, 2.05) is 0 Å². The number of hydrogen-bond acceptors (Lipinski definition) is 7. The van der Waals surface area contributed by atoms with Gasteiger partial charge in [-0.2, -0.15) is 0 Å². The van der Waals surface area contributed by atoms with Gasteiger partial charge in [0.15, 0.2) is 0 Å². The lowest BCUT2D eigenvalue weighted by atomic mass is 10.2. The zero-order valence-corrected chi connectivity index (χ0v) is 12.5. The number of aliphatic hydroxyl groups excluding tert-OH is 1. The Morgan fingerprint density at radius 2 is 2.18 bits per heavy atom. The second kappa shape index (κ2) is 7.65. The van der Waals surface area contributed by atoms with E-state index in [-0.39, 0.29) is 19.6 Å². The topological polar surface area (TPSA) is 112 Å². The Morgan fingerprint density at radius 1 is 1.41 bits per heavy atom. The fraction of sp³-hybridized carbons (Fsp3) is 0.692. The molecule has 0 aromatic carbocycles. The van der Waals surface area contributed by atoms with Gasteiger partial charge in [0.1, 0.15) is 25.5 Å². The summed E-state index contributed by atoms with van der Waals surface area (Å²) in [5.41, 5.74) is -0.628. The maximum absolute atomic E-state index is 11.8. The molecule has 1 fully saturated rings. The number of ether oxygens (including phenoxy) is 2. The van der Waals surface area contributed by atoms with Gasteiger partial charge in [-0.3, -0.25) is 14.3 Å². The first-order valence-corrected chi connectivity index (χ1v) is 6.92. The van der Waals surface area contributed by atoms with Crippen molar-refractivity contribution in [2.45, 2.75) is 31.8 Å². The number of methoxy groups -OCH3 is 1. The predicted molar refractivity (Wildman–Crippen MR) is 74.4 cm³/mol.